The maximum Gasteiger partial charge on any atom is 0.243 e. The molecule has 5 nitrogen and oxygen atoms in total. The van der Waals surface area contributed by atoms with Gasteiger partial charge in [-0.3, -0.25) is 0 Å². The Morgan fingerprint density at radius 1 is 1.40 bits per heavy atom. The molecule has 0 amide bonds. The number of hydrogen-bond donors (Lipinski definition) is 1. The minimum absolute atomic E-state index is 0.0438. The van der Waals surface area contributed by atoms with Crippen LogP contribution in [0.2, 0.25) is 0 Å². The van der Waals surface area contributed by atoms with Crippen LogP contribution in [-0.2, 0) is 0 Å². The summed E-state index contributed by atoms with van der Waals surface area (Å²) in [5, 5.41) is 6.87. The Bertz CT molecular complexity index is 447. The van der Waals surface area contributed by atoms with E-state index in [9.17, 15) is 0 Å². The van der Waals surface area contributed by atoms with E-state index in [1.165, 1.54) is 0 Å². The summed E-state index contributed by atoms with van der Waals surface area (Å²) in [6, 6.07) is 3.74. The van der Waals surface area contributed by atoms with Crippen molar-refractivity contribution < 1.29 is 8.94 Å². The van der Waals surface area contributed by atoms with Crippen LogP contribution in [-0.4, -0.2) is 17.2 Å². The van der Waals surface area contributed by atoms with Gasteiger partial charge in [0, 0.05) is 0 Å². The van der Waals surface area contributed by atoms with Crippen molar-refractivity contribution in [2.45, 2.75) is 19.9 Å². The highest BCUT2D eigenvalue weighted by Crippen LogP contribution is 2.20. The minimum Gasteiger partial charge on any atom is -0.458 e. The molecule has 0 fully saturated rings. The van der Waals surface area contributed by atoms with Crippen molar-refractivity contribution in [3.8, 4) is 11.6 Å². The fourth-order valence-corrected chi connectivity index (χ4v) is 1.19. The van der Waals surface area contributed by atoms with Gasteiger partial charge in [0.1, 0.15) is 5.76 Å². The van der Waals surface area contributed by atoms with Crippen molar-refractivity contribution in [2.75, 3.05) is 7.05 Å². The van der Waals surface area contributed by atoms with Crippen molar-refractivity contribution in [1.82, 2.24) is 15.5 Å². The Labute approximate surface area is 87.5 Å². The largest absolute Gasteiger partial charge is 0.458 e. The third-order valence-corrected chi connectivity index (χ3v) is 2.21. The highest BCUT2D eigenvalue weighted by atomic mass is 16.5. The zero-order chi connectivity index (χ0) is 10.8. The van der Waals surface area contributed by atoms with E-state index >= 15 is 0 Å². The van der Waals surface area contributed by atoms with E-state index in [4.69, 9.17) is 8.94 Å². The molecular formula is C10H13N3O2. The molecule has 1 atom stereocenters. The predicted molar refractivity (Wildman–Crippen MR) is 54.2 cm³/mol. The van der Waals surface area contributed by atoms with E-state index in [0.717, 1.165) is 5.76 Å². The summed E-state index contributed by atoms with van der Waals surface area (Å²) in [5.41, 5.74) is 0. The lowest BCUT2D eigenvalue weighted by atomic mass is 10.3. The number of aromatic nitrogens is 2. The molecule has 2 heterocycles. The second kappa shape index (κ2) is 3.86. The molecule has 1 N–H and O–H groups in total. The SMILES string of the molecule is CNC(C)c1nc(-c2ccc(C)o2)no1. The van der Waals surface area contributed by atoms with Crippen LogP contribution in [0, 0.1) is 6.92 Å². The summed E-state index contributed by atoms with van der Waals surface area (Å²) in [7, 11) is 1.84. The van der Waals surface area contributed by atoms with Crippen LogP contribution < -0.4 is 5.32 Å². The maximum atomic E-state index is 5.39. The minimum atomic E-state index is 0.0438. The highest BCUT2D eigenvalue weighted by Gasteiger charge is 2.15. The summed E-state index contributed by atoms with van der Waals surface area (Å²) >= 11 is 0. The first-order valence-corrected chi connectivity index (χ1v) is 4.78. The van der Waals surface area contributed by atoms with Crippen molar-refractivity contribution in [3.63, 3.8) is 0 Å². The molecule has 2 aromatic heterocycles. The molecule has 80 valence electrons. The summed E-state index contributed by atoms with van der Waals surface area (Å²) in [6.45, 7) is 3.82. The predicted octanol–water partition coefficient (Wildman–Crippen LogP) is 1.92. The van der Waals surface area contributed by atoms with Gasteiger partial charge in [-0.05, 0) is 33.0 Å². The Morgan fingerprint density at radius 3 is 2.80 bits per heavy atom. The van der Waals surface area contributed by atoms with Gasteiger partial charge in [0.05, 0.1) is 6.04 Å². The lowest BCUT2D eigenvalue weighted by molar-refractivity contribution is 0.346. The fourth-order valence-electron chi connectivity index (χ4n) is 1.19. The number of aryl methyl sites for hydroxylation is 1. The number of rotatable bonds is 3. The Kier molecular flexibility index (Phi) is 2.55. The molecule has 1 unspecified atom stereocenters. The van der Waals surface area contributed by atoms with Gasteiger partial charge in [0.25, 0.3) is 0 Å². The number of nitrogens with one attached hydrogen (secondary N) is 1. The molecule has 0 saturated heterocycles. The molecule has 0 aromatic carbocycles. The van der Waals surface area contributed by atoms with E-state index in [0.29, 0.717) is 17.5 Å². The van der Waals surface area contributed by atoms with Gasteiger partial charge in [-0.25, -0.2) is 0 Å². The fraction of sp³-hybridized carbons (Fsp3) is 0.400. The summed E-state index contributed by atoms with van der Waals surface area (Å²) in [6.07, 6.45) is 0. The molecule has 0 bridgehead atoms. The molecule has 0 aliphatic heterocycles. The molecule has 0 saturated carbocycles. The van der Waals surface area contributed by atoms with Crippen LogP contribution in [0.1, 0.15) is 24.6 Å². The van der Waals surface area contributed by atoms with Crippen LogP contribution in [0.25, 0.3) is 11.6 Å². The highest BCUT2D eigenvalue weighted by molar-refractivity contribution is 5.45. The third kappa shape index (κ3) is 1.92. The van der Waals surface area contributed by atoms with Crippen LogP contribution in [0.3, 0.4) is 0 Å². The molecule has 0 radical (unpaired) electrons. The average molecular weight is 207 g/mol. The second-order valence-electron chi connectivity index (χ2n) is 3.38. The topological polar surface area (TPSA) is 64.1 Å². The first-order valence-electron chi connectivity index (χ1n) is 4.78. The van der Waals surface area contributed by atoms with Crippen LogP contribution >= 0.6 is 0 Å². The van der Waals surface area contributed by atoms with E-state index < -0.39 is 0 Å². The Hall–Kier alpha value is -1.62. The normalized spacial score (nSPS) is 13.0. The van der Waals surface area contributed by atoms with Gasteiger partial charge in [-0.2, -0.15) is 4.98 Å². The first-order chi connectivity index (χ1) is 7.20. The average Bonchev–Trinajstić information content (AvgIpc) is 2.84. The van der Waals surface area contributed by atoms with E-state index in [1.807, 2.05) is 33.0 Å². The molecule has 2 aromatic rings. The van der Waals surface area contributed by atoms with Crippen LogP contribution in [0.4, 0.5) is 0 Å². The van der Waals surface area contributed by atoms with Gasteiger partial charge < -0.3 is 14.3 Å². The molecule has 0 spiro atoms. The third-order valence-electron chi connectivity index (χ3n) is 2.21. The van der Waals surface area contributed by atoms with Gasteiger partial charge in [0.2, 0.25) is 11.7 Å². The van der Waals surface area contributed by atoms with Gasteiger partial charge in [0.15, 0.2) is 5.76 Å². The van der Waals surface area contributed by atoms with Crippen LogP contribution in [0.5, 0.6) is 0 Å². The summed E-state index contributed by atoms with van der Waals surface area (Å²) in [5.74, 6) is 2.51. The Morgan fingerprint density at radius 2 is 2.20 bits per heavy atom. The van der Waals surface area contributed by atoms with Crippen molar-refractivity contribution in [1.29, 1.82) is 0 Å². The van der Waals surface area contributed by atoms with Crippen molar-refractivity contribution >= 4 is 0 Å². The summed E-state index contributed by atoms with van der Waals surface area (Å²) < 4.78 is 10.5. The van der Waals surface area contributed by atoms with E-state index in [-0.39, 0.29) is 6.04 Å². The van der Waals surface area contributed by atoms with E-state index in [2.05, 4.69) is 15.5 Å². The smallest absolute Gasteiger partial charge is 0.243 e. The second-order valence-corrected chi connectivity index (χ2v) is 3.38. The maximum absolute atomic E-state index is 5.39. The molecule has 5 heteroatoms. The van der Waals surface area contributed by atoms with E-state index in [1.54, 1.807) is 0 Å². The quantitative estimate of drug-likeness (QED) is 0.832. The first kappa shape index (κ1) is 9.92. The molecule has 0 aliphatic carbocycles. The molecule has 0 aliphatic rings. The monoisotopic (exact) mass is 207 g/mol. The van der Waals surface area contributed by atoms with Gasteiger partial charge >= 0.3 is 0 Å². The number of hydrogen-bond acceptors (Lipinski definition) is 5. The zero-order valence-corrected chi connectivity index (χ0v) is 8.94. The number of furan rings is 1. The summed E-state index contributed by atoms with van der Waals surface area (Å²) in [4.78, 5) is 4.23. The standard InChI is InChI=1S/C10H13N3O2/c1-6-4-5-8(14-6)9-12-10(15-13-9)7(2)11-3/h4-5,7,11H,1-3H3. The van der Waals surface area contributed by atoms with Gasteiger partial charge in [-0.1, -0.05) is 5.16 Å². The molecule has 15 heavy (non-hydrogen) atoms. The Balaban J connectivity index is 2.27. The molecule has 2 rings (SSSR count). The van der Waals surface area contributed by atoms with Crippen molar-refractivity contribution in [3.05, 3.63) is 23.8 Å². The number of nitrogens with zero attached hydrogens (tertiary/aromatic N) is 2. The lowest BCUT2D eigenvalue weighted by Gasteiger charge is -2.01. The molecular weight excluding hydrogens is 194 g/mol. The lowest BCUT2D eigenvalue weighted by Crippen LogP contribution is -2.12. The van der Waals surface area contributed by atoms with Crippen LogP contribution in [0.15, 0.2) is 21.1 Å². The van der Waals surface area contributed by atoms with Gasteiger partial charge in [-0.15, -0.1) is 0 Å². The van der Waals surface area contributed by atoms with Crippen molar-refractivity contribution in [2.24, 2.45) is 0 Å². The zero-order valence-electron chi connectivity index (χ0n) is 8.94.